The van der Waals surface area contributed by atoms with E-state index in [1.54, 1.807) is 0 Å². The molecule has 0 unspecified atom stereocenters. The maximum absolute atomic E-state index is 4.00. The molecule has 0 spiro atoms. The first kappa shape index (κ1) is 11.9. The first-order valence-corrected chi connectivity index (χ1v) is 6.15. The van der Waals surface area contributed by atoms with Gasteiger partial charge in [0.2, 0.25) is 0 Å². The van der Waals surface area contributed by atoms with E-state index < -0.39 is 0 Å². The molecule has 0 aliphatic carbocycles. The maximum Gasteiger partial charge on any atom is 0.0214 e. The molecule has 0 saturated heterocycles. The van der Waals surface area contributed by atoms with Crippen LogP contribution in [0.3, 0.4) is 0 Å². The molecule has 0 aliphatic rings. The van der Waals surface area contributed by atoms with Crippen molar-refractivity contribution in [1.29, 1.82) is 0 Å². The molecule has 88 valence electrons. The molecule has 1 nitrogen and oxygen atoms in total. The van der Waals surface area contributed by atoms with Crippen LogP contribution < -0.4 is 5.32 Å². The highest BCUT2D eigenvalue weighted by Gasteiger charge is 1.99. The summed E-state index contributed by atoms with van der Waals surface area (Å²) in [5.74, 6) is 0. The molecule has 2 rings (SSSR count). The van der Waals surface area contributed by atoms with Gasteiger partial charge in [-0.1, -0.05) is 61.5 Å². The molecule has 2 aromatic carbocycles. The van der Waals surface area contributed by atoms with Crippen LogP contribution in [0.5, 0.6) is 0 Å². The van der Waals surface area contributed by atoms with Crippen molar-refractivity contribution < 1.29 is 0 Å². The lowest BCUT2D eigenvalue weighted by Gasteiger charge is -2.08. The van der Waals surface area contributed by atoms with Crippen LogP contribution in [0.15, 0.2) is 54.6 Å². The lowest BCUT2D eigenvalue weighted by molar-refractivity contribution is 0.731. The molecule has 0 fully saturated rings. The second-order valence-corrected chi connectivity index (χ2v) is 4.35. The fourth-order valence-electron chi connectivity index (χ4n) is 1.95. The van der Waals surface area contributed by atoms with Crippen LogP contribution in [0.1, 0.15) is 18.9 Å². The van der Waals surface area contributed by atoms with E-state index in [0.717, 1.165) is 19.5 Å². The molecule has 0 heterocycles. The van der Waals surface area contributed by atoms with Gasteiger partial charge in [-0.15, -0.1) is 0 Å². The Kier molecular flexibility index (Phi) is 3.94. The summed E-state index contributed by atoms with van der Waals surface area (Å²) in [4.78, 5) is 0. The van der Waals surface area contributed by atoms with Gasteiger partial charge < -0.3 is 5.32 Å². The topological polar surface area (TPSA) is 12.0 Å². The van der Waals surface area contributed by atoms with Crippen LogP contribution in [-0.2, 0) is 6.54 Å². The number of fused-ring (bicyclic) bond motifs is 1. The Morgan fingerprint density at radius 3 is 2.71 bits per heavy atom. The molecule has 0 aliphatic heterocycles. The predicted octanol–water partition coefficient (Wildman–Crippen LogP) is 3.90. The van der Waals surface area contributed by atoms with Gasteiger partial charge in [0.15, 0.2) is 0 Å². The average molecular weight is 225 g/mol. The third kappa shape index (κ3) is 2.95. The van der Waals surface area contributed by atoms with Gasteiger partial charge in [0.05, 0.1) is 0 Å². The van der Waals surface area contributed by atoms with Crippen LogP contribution in [0, 0.1) is 0 Å². The Morgan fingerprint density at radius 2 is 1.88 bits per heavy atom. The molecule has 0 bridgehead atoms. The molecule has 0 aromatic heterocycles. The summed E-state index contributed by atoms with van der Waals surface area (Å²) >= 11 is 0. The summed E-state index contributed by atoms with van der Waals surface area (Å²) in [6.07, 6.45) is 1.04. The number of nitrogens with one attached hydrogen (secondary N) is 1. The maximum atomic E-state index is 4.00. The highest BCUT2D eigenvalue weighted by Crippen LogP contribution is 2.18. The normalized spacial score (nSPS) is 10.6. The van der Waals surface area contributed by atoms with Crippen molar-refractivity contribution in [2.75, 3.05) is 6.54 Å². The third-order valence-electron chi connectivity index (χ3n) is 3.07. The van der Waals surface area contributed by atoms with Crippen molar-refractivity contribution in [2.45, 2.75) is 19.9 Å². The quantitative estimate of drug-likeness (QED) is 0.761. The second kappa shape index (κ2) is 5.65. The second-order valence-electron chi connectivity index (χ2n) is 4.35. The standard InChI is InChI=1S/C16H19N/c1-3-13(2)11-17-12-15-9-6-8-14-7-4-5-10-16(14)15/h4-10,17H,2-3,11-12H2,1H3. The van der Waals surface area contributed by atoms with Crippen LogP contribution in [-0.4, -0.2) is 6.54 Å². The van der Waals surface area contributed by atoms with Crippen molar-refractivity contribution in [2.24, 2.45) is 0 Å². The molecule has 1 heteroatoms. The minimum atomic E-state index is 0.903. The van der Waals surface area contributed by atoms with E-state index in [0.29, 0.717) is 0 Å². The minimum Gasteiger partial charge on any atom is -0.309 e. The van der Waals surface area contributed by atoms with Crippen molar-refractivity contribution in [3.8, 4) is 0 Å². The Labute approximate surface area is 103 Å². The molecule has 0 radical (unpaired) electrons. The fraction of sp³-hybridized carbons (Fsp3) is 0.250. The third-order valence-corrected chi connectivity index (χ3v) is 3.07. The molecular weight excluding hydrogens is 206 g/mol. The van der Waals surface area contributed by atoms with Crippen molar-refractivity contribution in [3.63, 3.8) is 0 Å². The zero-order valence-corrected chi connectivity index (χ0v) is 10.4. The zero-order valence-electron chi connectivity index (χ0n) is 10.4. The Hall–Kier alpha value is -1.60. The van der Waals surface area contributed by atoms with Crippen LogP contribution in [0.4, 0.5) is 0 Å². The van der Waals surface area contributed by atoms with Gasteiger partial charge in [-0.05, 0) is 22.8 Å². The molecule has 0 amide bonds. The molecule has 0 saturated carbocycles. The van der Waals surface area contributed by atoms with Gasteiger partial charge in [-0.3, -0.25) is 0 Å². The SMILES string of the molecule is C=C(CC)CNCc1cccc2ccccc12. The van der Waals surface area contributed by atoms with Crippen LogP contribution >= 0.6 is 0 Å². The van der Waals surface area contributed by atoms with E-state index >= 15 is 0 Å². The van der Waals surface area contributed by atoms with Gasteiger partial charge in [-0.25, -0.2) is 0 Å². The zero-order chi connectivity index (χ0) is 12.1. The minimum absolute atomic E-state index is 0.903. The first-order chi connectivity index (χ1) is 8.31. The summed E-state index contributed by atoms with van der Waals surface area (Å²) in [7, 11) is 0. The number of benzene rings is 2. The van der Waals surface area contributed by atoms with E-state index in [4.69, 9.17) is 0 Å². The fourth-order valence-corrected chi connectivity index (χ4v) is 1.95. The summed E-state index contributed by atoms with van der Waals surface area (Å²) in [6, 6.07) is 15.0. The summed E-state index contributed by atoms with van der Waals surface area (Å²) in [5, 5.41) is 6.09. The smallest absolute Gasteiger partial charge is 0.0214 e. The first-order valence-electron chi connectivity index (χ1n) is 6.15. The monoisotopic (exact) mass is 225 g/mol. The Bertz CT molecular complexity index is 508. The lowest BCUT2D eigenvalue weighted by Crippen LogP contribution is -2.16. The number of hydrogen-bond donors (Lipinski definition) is 1. The van der Waals surface area contributed by atoms with Gasteiger partial charge in [0, 0.05) is 13.1 Å². The molecule has 1 N–H and O–H groups in total. The summed E-state index contributed by atoms with van der Waals surface area (Å²) in [6.45, 7) is 7.95. The van der Waals surface area contributed by atoms with E-state index in [9.17, 15) is 0 Å². The van der Waals surface area contributed by atoms with Gasteiger partial charge in [-0.2, -0.15) is 0 Å². The highest BCUT2D eigenvalue weighted by atomic mass is 14.8. The average Bonchev–Trinajstić information content (AvgIpc) is 2.39. The summed E-state index contributed by atoms with van der Waals surface area (Å²) < 4.78 is 0. The van der Waals surface area contributed by atoms with Gasteiger partial charge in [0.1, 0.15) is 0 Å². The van der Waals surface area contributed by atoms with Crippen molar-refractivity contribution in [3.05, 3.63) is 60.2 Å². The number of hydrogen-bond acceptors (Lipinski definition) is 1. The largest absolute Gasteiger partial charge is 0.309 e. The predicted molar refractivity (Wildman–Crippen MR) is 75.1 cm³/mol. The summed E-state index contributed by atoms with van der Waals surface area (Å²) in [5.41, 5.74) is 2.61. The molecule has 0 atom stereocenters. The van der Waals surface area contributed by atoms with Crippen molar-refractivity contribution >= 4 is 10.8 Å². The van der Waals surface area contributed by atoms with Crippen LogP contribution in [0.25, 0.3) is 10.8 Å². The Balaban J connectivity index is 2.11. The molecule has 2 aromatic rings. The van der Waals surface area contributed by atoms with Crippen LogP contribution in [0.2, 0.25) is 0 Å². The molecular formula is C16H19N. The van der Waals surface area contributed by atoms with E-state index in [-0.39, 0.29) is 0 Å². The van der Waals surface area contributed by atoms with E-state index in [2.05, 4.69) is 61.3 Å². The number of rotatable bonds is 5. The van der Waals surface area contributed by atoms with E-state index in [1.165, 1.54) is 21.9 Å². The molecule has 17 heavy (non-hydrogen) atoms. The van der Waals surface area contributed by atoms with E-state index in [1.807, 2.05) is 0 Å². The lowest BCUT2D eigenvalue weighted by atomic mass is 10.0. The highest BCUT2D eigenvalue weighted by molar-refractivity contribution is 5.85. The van der Waals surface area contributed by atoms with Crippen molar-refractivity contribution in [1.82, 2.24) is 5.32 Å². The Morgan fingerprint density at radius 1 is 1.12 bits per heavy atom. The van der Waals surface area contributed by atoms with Gasteiger partial charge in [0.25, 0.3) is 0 Å². The van der Waals surface area contributed by atoms with Gasteiger partial charge >= 0.3 is 0 Å².